The fourth-order valence-electron chi connectivity index (χ4n) is 3.92. The van der Waals surface area contributed by atoms with Crippen molar-refractivity contribution in [2.45, 2.75) is 102 Å². The van der Waals surface area contributed by atoms with Crippen molar-refractivity contribution in [3.8, 4) is 0 Å². The highest BCUT2D eigenvalue weighted by molar-refractivity contribution is 4.74. The first-order chi connectivity index (χ1) is 9.45. The quantitative estimate of drug-likeness (QED) is 0.716. The van der Waals surface area contributed by atoms with E-state index < -0.39 is 0 Å². The maximum atomic E-state index is 3.92. The molecule has 0 aliphatic heterocycles. The van der Waals surface area contributed by atoms with Gasteiger partial charge in [-0.3, -0.25) is 0 Å². The van der Waals surface area contributed by atoms with Gasteiger partial charge in [0.05, 0.1) is 0 Å². The minimum atomic E-state index is 0.833. The third-order valence-electron chi connectivity index (χ3n) is 5.28. The lowest BCUT2D eigenvalue weighted by molar-refractivity contribution is 0.372. The zero-order valence-corrected chi connectivity index (χ0v) is 13.0. The van der Waals surface area contributed by atoms with E-state index in [0.717, 1.165) is 12.0 Å². The second-order valence-electron chi connectivity index (χ2n) is 7.01. The molecular weight excluding hydrogens is 230 g/mol. The summed E-state index contributed by atoms with van der Waals surface area (Å²) >= 11 is 0. The van der Waals surface area contributed by atoms with Crippen LogP contribution in [0.4, 0.5) is 0 Å². The van der Waals surface area contributed by atoms with E-state index in [1.807, 2.05) is 0 Å². The molecule has 0 unspecified atom stereocenters. The molecule has 2 fully saturated rings. The van der Waals surface area contributed by atoms with Gasteiger partial charge in [-0.05, 0) is 38.1 Å². The molecule has 1 nitrogen and oxygen atoms in total. The molecule has 2 saturated carbocycles. The molecule has 0 aromatic carbocycles. The Morgan fingerprint density at radius 2 is 0.947 bits per heavy atom. The van der Waals surface area contributed by atoms with Crippen LogP contribution in [0.3, 0.4) is 0 Å². The summed E-state index contributed by atoms with van der Waals surface area (Å²) in [4.78, 5) is 0. The summed E-state index contributed by atoms with van der Waals surface area (Å²) in [6.07, 6.45) is 22.1. The van der Waals surface area contributed by atoms with Crippen LogP contribution in [0.25, 0.3) is 0 Å². The standard InChI is InChI=1S/C18H35N/c1-2-4-6-8-14-18(15-9-7-5-3-1)19-16-17-12-10-11-13-17/h17-19H,1-16H2. The van der Waals surface area contributed by atoms with Crippen molar-refractivity contribution in [1.82, 2.24) is 5.32 Å². The largest absolute Gasteiger partial charge is 0.314 e. The van der Waals surface area contributed by atoms with Crippen LogP contribution < -0.4 is 5.32 Å². The van der Waals surface area contributed by atoms with Gasteiger partial charge in [0.25, 0.3) is 0 Å². The van der Waals surface area contributed by atoms with Crippen LogP contribution in [-0.2, 0) is 0 Å². The van der Waals surface area contributed by atoms with E-state index in [1.54, 1.807) is 0 Å². The normalized spacial score (nSPS) is 25.9. The average molecular weight is 265 g/mol. The van der Waals surface area contributed by atoms with Gasteiger partial charge >= 0.3 is 0 Å². The Hall–Kier alpha value is -0.0400. The van der Waals surface area contributed by atoms with Gasteiger partial charge in [0.15, 0.2) is 0 Å². The smallest absolute Gasteiger partial charge is 0.00671 e. The highest BCUT2D eigenvalue weighted by Gasteiger charge is 2.16. The van der Waals surface area contributed by atoms with Crippen molar-refractivity contribution < 1.29 is 0 Å². The molecule has 0 aromatic heterocycles. The minimum Gasteiger partial charge on any atom is -0.314 e. The van der Waals surface area contributed by atoms with Gasteiger partial charge in [-0.2, -0.15) is 0 Å². The van der Waals surface area contributed by atoms with Crippen LogP contribution in [0.5, 0.6) is 0 Å². The molecule has 0 amide bonds. The monoisotopic (exact) mass is 265 g/mol. The summed E-state index contributed by atoms with van der Waals surface area (Å²) in [5.41, 5.74) is 0. The molecule has 0 heterocycles. The summed E-state index contributed by atoms with van der Waals surface area (Å²) < 4.78 is 0. The predicted molar refractivity (Wildman–Crippen MR) is 84.5 cm³/mol. The molecule has 112 valence electrons. The summed E-state index contributed by atoms with van der Waals surface area (Å²) in [6, 6.07) is 0.833. The first kappa shape index (κ1) is 15.4. The van der Waals surface area contributed by atoms with E-state index in [2.05, 4.69) is 5.32 Å². The van der Waals surface area contributed by atoms with E-state index in [4.69, 9.17) is 0 Å². The second kappa shape index (κ2) is 9.80. The van der Waals surface area contributed by atoms with E-state index in [-0.39, 0.29) is 0 Å². The Kier molecular flexibility index (Phi) is 7.92. The van der Waals surface area contributed by atoms with Crippen LogP contribution in [-0.4, -0.2) is 12.6 Å². The molecule has 0 aromatic rings. The van der Waals surface area contributed by atoms with Crippen molar-refractivity contribution in [3.63, 3.8) is 0 Å². The van der Waals surface area contributed by atoms with Gasteiger partial charge in [0.2, 0.25) is 0 Å². The zero-order valence-electron chi connectivity index (χ0n) is 13.0. The van der Waals surface area contributed by atoms with Crippen LogP contribution in [0.2, 0.25) is 0 Å². The Balaban J connectivity index is 1.65. The van der Waals surface area contributed by atoms with Gasteiger partial charge in [0, 0.05) is 6.04 Å². The Labute approximate surface area is 120 Å². The highest BCUT2D eigenvalue weighted by Crippen LogP contribution is 2.24. The molecule has 0 saturated heterocycles. The summed E-state index contributed by atoms with van der Waals surface area (Å²) in [7, 11) is 0. The van der Waals surface area contributed by atoms with E-state index in [1.165, 1.54) is 103 Å². The van der Waals surface area contributed by atoms with Crippen molar-refractivity contribution >= 4 is 0 Å². The van der Waals surface area contributed by atoms with E-state index in [9.17, 15) is 0 Å². The zero-order chi connectivity index (χ0) is 13.2. The molecule has 1 heteroatoms. The number of rotatable bonds is 3. The Morgan fingerprint density at radius 1 is 0.526 bits per heavy atom. The number of hydrogen-bond donors (Lipinski definition) is 1. The van der Waals surface area contributed by atoms with Crippen molar-refractivity contribution in [1.29, 1.82) is 0 Å². The maximum absolute atomic E-state index is 3.92. The van der Waals surface area contributed by atoms with Gasteiger partial charge in [-0.25, -0.2) is 0 Å². The summed E-state index contributed by atoms with van der Waals surface area (Å²) in [5.74, 6) is 1.00. The molecule has 2 aliphatic rings. The first-order valence-electron chi connectivity index (χ1n) is 9.18. The number of nitrogens with one attached hydrogen (secondary N) is 1. The fraction of sp³-hybridized carbons (Fsp3) is 1.00. The van der Waals surface area contributed by atoms with Crippen molar-refractivity contribution in [2.24, 2.45) is 5.92 Å². The highest BCUT2D eigenvalue weighted by atomic mass is 14.9. The Bertz CT molecular complexity index is 196. The third-order valence-corrected chi connectivity index (χ3v) is 5.28. The maximum Gasteiger partial charge on any atom is 0.00671 e. The fourth-order valence-corrected chi connectivity index (χ4v) is 3.92. The molecule has 1 N–H and O–H groups in total. The second-order valence-corrected chi connectivity index (χ2v) is 7.01. The van der Waals surface area contributed by atoms with Crippen LogP contribution in [0.1, 0.15) is 96.3 Å². The van der Waals surface area contributed by atoms with Crippen LogP contribution in [0, 0.1) is 5.92 Å². The van der Waals surface area contributed by atoms with Crippen LogP contribution in [0.15, 0.2) is 0 Å². The van der Waals surface area contributed by atoms with Crippen molar-refractivity contribution in [2.75, 3.05) is 6.54 Å². The Morgan fingerprint density at radius 3 is 1.47 bits per heavy atom. The van der Waals surface area contributed by atoms with E-state index in [0.29, 0.717) is 0 Å². The third kappa shape index (κ3) is 6.79. The minimum absolute atomic E-state index is 0.833. The van der Waals surface area contributed by atoms with Gasteiger partial charge in [-0.15, -0.1) is 0 Å². The lowest BCUT2D eigenvalue weighted by atomic mass is 9.97. The molecule has 0 radical (unpaired) electrons. The molecule has 2 rings (SSSR count). The van der Waals surface area contributed by atoms with Crippen LogP contribution >= 0.6 is 0 Å². The van der Waals surface area contributed by atoms with Gasteiger partial charge in [-0.1, -0.05) is 70.6 Å². The molecule has 0 bridgehead atoms. The first-order valence-corrected chi connectivity index (χ1v) is 9.18. The predicted octanol–water partition coefficient (Wildman–Crippen LogP) is 5.44. The lowest BCUT2D eigenvalue weighted by Gasteiger charge is -2.21. The molecule has 0 atom stereocenters. The molecule has 0 spiro atoms. The number of hydrogen-bond acceptors (Lipinski definition) is 1. The summed E-state index contributed by atoms with van der Waals surface area (Å²) in [5, 5.41) is 3.92. The molecule has 19 heavy (non-hydrogen) atoms. The summed E-state index contributed by atoms with van der Waals surface area (Å²) in [6.45, 7) is 1.31. The molecular formula is C18H35N. The SMILES string of the molecule is C1CCCCCC(NCC2CCCC2)CCCCC1. The van der Waals surface area contributed by atoms with Gasteiger partial charge in [0.1, 0.15) is 0 Å². The van der Waals surface area contributed by atoms with Gasteiger partial charge < -0.3 is 5.32 Å². The average Bonchev–Trinajstić information content (AvgIpc) is 2.91. The van der Waals surface area contributed by atoms with E-state index >= 15 is 0 Å². The van der Waals surface area contributed by atoms with Crippen molar-refractivity contribution in [3.05, 3.63) is 0 Å². The topological polar surface area (TPSA) is 12.0 Å². The lowest BCUT2D eigenvalue weighted by Crippen LogP contribution is -2.33. The molecule has 2 aliphatic carbocycles.